The summed E-state index contributed by atoms with van der Waals surface area (Å²) in [4.78, 5) is 12.0. The van der Waals surface area contributed by atoms with Gasteiger partial charge in [0, 0.05) is 19.6 Å². The predicted molar refractivity (Wildman–Crippen MR) is 79.1 cm³/mol. The molecule has 0 saturated carbocycles. The van der Waals surface area contributed by atoms with Crippen LogP contribution in [0.4, 0.5) is 5.69 Å². The lowest BCUT2D eigenvalue weighted by Gasteiger charge is -2.21. The predicted octanol–water partition coefficient (Wildman–Crippen LogP) is 3.15. The molecule has 1 aromatic carbocycles. The normalized spacial score (nSPS) is 15.9. The monoisotopic (exact) mass is 277 g/mol. The van der Waals surface area contributed by atoms with Gasteiger partial charge in [-0.05, 0) is 49.8 Å². The molecule has 1 fully saturated rings. The molecule has 0 atom stereocenters. The van der Waals surface area contributed by atoms with Gasteiger partial charge in [-0.1, -0.05) is 6.07 Å². The van der Waals surface area contributed by atoms with Crippen LogP contribution in [-0.2, 0) is 9.53 Å². The van der Waals surface area contributed by atoms with Gasteiger partial charge < -0.3 is 14.8 Å². The first-order valence-electron chi connectivity index (χ1n) is 7.21. The quantitative estimate of drug-likeness (QED) is 0.899. The van der Waals surface area contributed by atoms with Crippen LogP contribution in [0.5, 0.6) is 5.75 Å². The number of nitrogens with one attached hydrogen (secondary N) is 1. The van der Waals surface area contributed by atoms with Crippen molar-refractivity contribution in [2.45, 2.75) is 32.6 Å². The van der Waals surface area contributed by atoms with E-state index in [-0.39, 0.29) is 5.91 Å². The first-order valence-corrected chi connectivity index (χ1v) is 7.21. The zero-order valence-corrected chi connectivity index (χ0v) is 12.3. The highest BCUT2D eigenvalue weighted by molar-refractivity contribution is 5.92. The molecular weight excluding hydrogens is 254 g/mol. The largest absolute Gasteiger partial charge is 0.495 e. The third-order valence-corrected chi connectivity index (χ3v) is 3.75. The molecule has 110 valence electrons. The van der Waals surface area contributed by atoms with Gasteiger partial charge in [-0.2, -0.15) is 0 Å². The smallest absolute Gasteiger partial charge is 0.224 e. The zero-order chi connectivity index (χ0) is 14.4. The molecular formula is C16H23NO3. The highest BCUT2D eigenvalue weighted by Crippen LogP contribution is 2.26. The first-order chi connectivity index (χ1) is 9.69. The topological polar surface area (TPSA) is 47.6 Å². The van der Waals surface area contributed by atoms with Gasteiger partial charge >= 0.3 is 0 Å². The maximum atomic E-state index is 12.0. The van der Waals surface area contributed by atoms with Crippen LogP contribution in [0.1, 0.15) is 31.2 Å². The second-order valence-electron chi connectivity index (χ2n) is 5.35. The third kappa shape index (κ3) is 4.23. The standard InChI is InChI=1S/C16H23NO3/c1-12-3-5-15(19-2)14(11-12)17-16(18)6-4-13-7-9-20-10-8-13/h3,5,11,13H,4,6-10H2,1-2H3,(H,17,18). The molecule has 20 heavy (non-hydrogen) atoms. The Morgan fingerprint density at radius 1 is 1.40 bits per heavy atom. The van der Waals surface area contributed by atoms with Crippen LogP contribution in [0, 0.1) is 12.8 Å². The second kappa shape index (κ2) is 7.29. The fourth-order valence-electron chi connectivity index (χ4n) is 2.50. The highest BCUT2D eigenvalue weighted by atomic mass is 16.5. The van der Waals surface area contributed by atoms with Crippen molar-refractivity contribution >= 4 is 11.6 Å². The summed E-state index contributed by atoms with van der Waals surface area (Å²) in [7, 11) is 1.61. The van der Waals surface area contributed by atoms with E-state index in [0.29, 0.717) is 18.1 Å². The van der Waals surface area contributed by atoms with Gasteiger partial charge in [-0.15, -0.1) is 0 Å². The van der Waals surface area contributed by atoms with Crippen LogP contribution in [0.15, 0.2) is 18.2 Å². The van der Waals surface area contributed by atoms with Gasteiger partial charge in [-0.3, -0.25) is 4.79 Å². The van der Waals surface area contributed by atoms with Gasteiger partial charge in [0.2, 0.25) is 5.91 Å². The minimum Gasteiger partial charge on any atom is -0.495 e. The van der Waals surface area contributed by atoms with Gasteiger partial charge in [0.05, 0.1) is 12.8 Å². The number of hydrogen-bond donors (Lipinski definition) is 1. The molecule has 0 aromatic heterocycles. The molecule has 1 saturated heterocycles. The highest BCUT2D eigenvalue weighted by Gasteiger charge is 2.15. The van der Waals surface area contributed by atoms with Crippen molar-refractivity contribution in [2.24, 2.45) is 5.92 Å². The number of rotatable bonds is 5. The molecule has 1 aliphatic heterocycles. The number of methoxy groups -OCH3 is 1. The van der Waals surface area contributed by atoms with E-state index in [1.54, 1.807) is 7.11 Å². The fourth-order valence-corrected chi connectivity index (χ4v) is 2.50. The van der Waals surface area contributed by atoms with E-state index < -0.39 is 0 Å². The van der Waals surface area contributed by atoms with Crippen molar-refractivity contribution in [2.75, 3.05) is 25.6 Å². The average molecular weight is 277 g/mol. The number of amides is 1. The Kier molecular flexibility index (Phi) is 5.41. The molecule has 1 heterocycles. The second-order valence-corrected chi connectivity index (χ2v) is 5.35. The summed E-state index contributed by atoms with van der Waals surface area (Å²) >= 11 is 0. The van der Waals surface area contributed by atoms with Gasteiger partial charge in [0.15, 0.2) is 0 Å². The van der Waals surface area contributed by atoms with Crippen molar-refractivity contribution in [1.82, 2.24) is 0 Å². The first kappa shape index (κ1) is 14.9. The van der Waals surface area contributed by atoms with Crippen molar-refractivity contribution < 1.29 is 14.3 Å². The van der Waals surface area contributed by atoms with Crippen molar-refractivity contribution in [3.8, 4) is 5.75 Å². The lowest BCUT2D eigenvalue weighted by molar-refractivity contribution is -0.116. The van der Waals surface area contributed by atoms with Crippen LogP contribution < -0.4 is 10.1 Å². The summed E-state index contributed by atoms with van der Waals surface area (Å²) in [6.07, 6.45) is 3.63. The SMILES string of the molecule is COc1ccc(C)cc1NC(=O)CCC1CCOCC1. The zero-order valence-electron chi connectivity index (χ0n) is 12.3. The van der Waals surface area contributed by atoms with E-state index in [9.17, 15) is 4.79 Å². The van der Waals surface area contributed by atoms with Crippen LogP contribution >= 0.6 is 0 Å². The molecule has 0 spiro atoms. The van der Waals surface area contributed by atoms with E-state index in [4.69, 9.17) is 9.47 Å². The molecule has 1 aromatic rings. The summed E-state index contributed by atoms with van der Waals surface area (Å²) in [5.74, 6) is 1.38. The summed E-state index contributed by atoms with van der Waals surface area (Å²) in [6.45, 7) is 3.66. The number of ether oxygens (including phenoxy) is 2. The Labute approximate surface area is 120 Å². The molecule has 1 N–H and O–H groups in total. The van der Waals surface area contributed by atoms with Gasteiger partial charge in [0.1, 0.15) is 5.75 Å². The van der Waals surface area contributed by atoms with Crippen LogP contribution in [-0.4, -0.2) is 26.2 Å². The molecule has 1 aliphatic rings. The van der Waals surface area contributed by atoms with Crippen molar-refractivity contribution in [3.05, 3.63) is 23.8 Å². The Morgan fingerprint density at radius 3 is 2.85 bits per heavy atom. The number of benzene rings is 1. The van der Waals surface area contributed by atoms with Crippen LogP contribution in [0.2, 0.25) is 0 Å². The molecule has 2 rings (SSSR count). The maximum absolute atomic E-state index is 12.0. The van der Waals surface area contributed by atoms with E-state index >= 15 is 0 Å². The summed E-state index contributed by atoms with van der Waals surface area (Å²) in [6, 6.07) is 5.78. The number of carbonyl (C=O) groups excluding carboxylic acids is 1. The fraction of sp³-hybridized carbons (Fsp3) is 0.562. The van der Waals surface area contributed by atoms with Gasteiger partial charge in [-0.25, -0.2) is 0 Å². The summed E-state index contributed by atoms with van der Waals surface area (Å²) < 4.78 is 10.6. The Balaban J connectivity index is 1.86. The van der Waals surface area contributed by atoms with E-state index in [1.807, 2.05) is 25.1 Å². The number of hydrogen-bond acceptors (Lipinski definition) is 3. The lowest BCUT2D eigenvalue weighted by atomic mass is 9.95. The third-order valence-electron chi connectivity index (χ3n) is 3.75. The molecule has 0 aliphatic carbocycles. The number of anilines is 1. The minimum atomic E-state index is 0.0559. The molecule has 0 unspecified atom stereocenters. The summed E-state index contributed by atoms with van der Waals surface area (Å²) in [5, 5.41) is 2.95. The molecule has 0 bridgehead atoms. The molecule has 0 radical (unpaired) electrons. The van der Waals surface area contributed by atoms with E-state index in [2.05, 4.69) is 5.32 Å². The summed E-state index contributed by atoms with van der Waals surface area (Å²) in [5.41, 5.74) is 1.86. The molecule has 4 nitrogen and oxygen atoms in total. The average Bonchev–Trinajstić information content (AvgIpc) is 2.46. The van der Waals surface area contributed by atoms with Crippen LogP contribution in [0.3, 0.4) is 0 Å². The maximum Gasteiger partial charge on any atom is 0.224 e. The Hall–Kier alpha value is -1.55. The van der Waals surface area contributed by atoms with Crippen LogP contribution in [0.25, 0.3) is 0 Å². The molecule has 1 amide bonds. The number of carbonyl (C=O) groups is 1. The van der Waals surface area contributed by atoms with E-state index in [1.165, 1.54) is 0 Å². The number of aryl methyl sites for hydroxylation is 1. The van der Waals surface area contributed by atoms with Crippen molar-refractivity contribution in [3.63, 3.8) is 0 Å². The van der Waals surface area contributed by atoms with E-state index in [0.717, 1.165) is 43.7 Å². The molecule has 4 heteroatoms. The lowest BCUT2D eigenvalue weighted by Crippen LogP contribution is -2.19. The minimum absolute atomic E-state index is 0.0559. The Morgan fingerprint density at radius 2 is 2.15 bits per heavy atom. The van der Waals surface area contributed by atoms with Crippen molar-refractivity contribution in [1.29, 1.82) is 0 Å². The van der Waals surface area contributed by atoms with Gasteiger partial charge in [0.25, 0.3) is 0 Å². The Bertz CT molecular complexity index is 453.